The third-order valence-corrected chi connectivity index (χ3v) is 9.10. The lowest BCUT2D eigenvalue weighted by Gasteiger charge is -2.57. The number of aromatic nitrogens is 1. The lowest BCUT2D eigenvalue weighted by molar-refractivity contribution is -0.137. The summed E-state index contributed by atoms with van der Waals surface area (Å²) < 4.78 is 64.0. The molecular weight excluding hydrogens is 445 g/mol. The number of hydrogen-bond acceptors (Lipinski definition) is 4. The number of alkyl halides is 3. The molecule has 176 valence electrons. The Morgan fingerprint density at radius 2 is 1.75 bits per heavy atom. The molecule has 11 heteroatoms. The molecule has 1 aromatic rings. The molecule has 4 heterocycles. The number of amides is 2. The van der Waals surface area contributed by atoms with Crippen molar-refractivity contribution in [3.05, 3.63) is 29.6 Å². The predicted octanol–water partition coefficient (Wildman–Crippen LogP) is 2.63. The predicted molar refractivity (Wildman–Crippen MR) is 110 cm³/mol. The van der Waals surface area contributed by atoms with Crippen LogP contribution in [0.4, 0.5) is 18.0 Å². The van der Waals surface area contributed by atoms with Gasteiger partial charge in [0.15, 0.2) is 0 Å². The van der Waals surface area contributed by atoms with E-state index in [0.717, 1.165) is 51.0 Å². The van der Waals surface area contributed by atoms with Crippen LogP contribution >= 0.6 is 0 Å². The van der Waals surface area contributed by atoms with Crippen molar-refractivity contribution in [3.63, 3.8) is 0 Å². The van der Waals surface area contributed by atoms with Gasteiger partial charge in [-0.05, 0) is 56.6 Å². The summed E-state index contributed by atoms with van der Waals surface area (Å²) in [5.74, 6) is 0.533. The Balaban J connectivity index is 1.07. The molecule has 5 rings (SSSR count). The molecule has 3 saturated heterocycles. The normalized spacial score (nSPS) is 26.2. The maximum Gasteiger partial charge on any atom is 0.417 e. The molecule has 0 atom stereocenters. The maximum absolute atomic E-state index is 12.7. The van der Waals surface area contributed by atoms with Crippen molar-refractivity contribution < 1.29 is 26.4 Å². The van der Waals surface area contributed by atoms with Crippen molar-refractivity contribution in [2.75, 3.05) is 31.9 Å². The molecule has 0 aromatic carbocycles. The maximum atomic E-state index is 12.7. The number of nitrogens with zero attached hydrogens (tertiary/aromatic N) is 3. The third-order valence-electron chi connectivity index (χ3n) is 7.62. The van der Waals surface area contributed by atoms with Crippen LogP contribution in [0.1, 0.15) is 43.4 Å². The van der Waals surface area contributed by atoms with Crippen LogP contribution in [0.5, 0.6) is 0 Å². The van der Waals surface area contributed by atoms with Gasteiger partial charge < -0.3 is 9.80 Å². The second kappa shape index (κ2) is 7.31. The summed E-state index contributed by atoms with van der Waals surface area (Å²) in [6, 6.07) is 2.56. The van der Waals surface area contributed by atoms with Crippen molar-refractivity contribution in [1.29, 1.82) is 0 Å². The molecule has 1 N–H and O–H groups in total. The summed E-state index contributed by atoms with van der Waals surface area (Å²) in [5.41, 5.74) is -0.335. The van der Waals surface area contributed by atoms with Gasteiger partial charge >= 0.3 is 12.2 Å². The minimum Gasteiger partial charge on any atom is -0.323 e. The van der Waals surface area contributed by atoms with Crippen LogP contribution in [0, 0.1) is 11.3 Å². The number of sulfonamides is 1. The second-order valence-corrected chi connectivity index (χ2v) is 12.0. The lowest BCUT2D eigenvalue weighted by Crippen LogP contribution is -2.72. The molecular formula is C21H27F3N4O3S. The highest BCUT2D eigenvalue weighted by Gasteiger charge is 2.55. The van der Waals surface area contributed by atoms with Gasteiger partial charge in [-0.2, -0.15) is 13.2 Å². The number of carbonyl (C=O) groups is 1. The van der Waals surface area contributed by atoms with Crippen molar-refractivity contribution in [2.24, 2.45) is 11.3 Å². The van der Waals surface area contributed by atoms with E-state index in [0.29, 0.717) is 37.5 Å². The summed E-state index contributed by atoms with van der Waals surface area (Å²) >= 11 is 0. The van der Waals surface area contributed by atoms with E-state index in [1.165, 1.54) is 6.07 Å². The van der Waals surface area contributed by atoms with Crippen molar-refractivity contribution in [3.8, 4) is 0 Å². The first-order chi connectivity index (χ1) is 15.0. The van der Waals surface area contributed by atoms with Crippen LogP contribution in [-0.2, 0) is 22.6 Å². The largest absolute Gasteiger partial charge is 0.417 e. The highest BCUT2D eigenvalue weighted by molar-refractivity contribution is 7.89. The molecule has 4 aliphatic rings. The Bertz CT molecular complexity index is 990. The summed E-state index contributed by atoms with van der Waals surface area (Å²) in [7, 11) is -3.19. The van der Waals surface area contributed by atoms with Gasteiger partial charge in [-0.3, -0.25) is 4.98 Å². The van der Waals surface area contributed by atoms with Gasteiger partial charge in [-0.25, -0.2) is 17.9 Å². The van der Waals surface area contributed by atoms with Gasteiger partial charge in [0.1, 0.15) is 0 Å². The fraction of sp³-hybridized carbons (Fsp3) is 0.714. The first-order valence-electron chi connectivity index (χ1n) is 11.0. The van der Waals surface area contributed by atoms with Crippen LogP contribution in [0.25, 0.3) is 0 Å². The Hall–Kier alpha value is -1.88. The van der Waals surface area contributed by atoms with Gasteiger partial charge in [0, 0.05) is 43.5 Å². The molecule has 0 unspecified atom stereocenters. The van der Waals surface area contributed by atoms with Crippen LogP contribution < -0.4 is 4.72 Å². The highest BCUT2D eigenvalue weighted by Crippen LogP contribution is 2.47. The highest BCUT2D eigenvalue weighted by atomic mass is 32.2. The van der Waals surface area contributed by atoms with E-state index in [-0.39, 0.29) is 17.2 Å². The minimum atomic E-state index is -4.36. The fourth-order valence-electron chi connectivity index (χ4n) is 5.72. The van der Waals surface area contributed by atoms with E-state index in [1.807, 2.05) is 4.90 Å². The van der Waals surface area contributed by atoms with E-state index >= 15 is 0 Å². The van der Waals surface area contributed by atoms with E-state index < -0.39 is 27.3 Å². The molecule has 0 bridgehead atoms. The zero-order valence-corrected chi connectivity index (χ0v) is 18.5. The molecule has 3 aliphatic heterocycles. The number of pyridine rings is 1. The van der Waals surface area contributed by atoms with Crippen molar-refractivity contribution in [2.45, 2.75) is 50.2 Å². The van der Waals surface area contributed by atoms with Crippen LogP contribution in [-0.4, -0.2) is 66.7 Å². The smallest absolute Gasteiger partial charge is 0.323 e. The molecule has 2 spiro atoms. The van der Waals surface area contributed by atoms with Gasteiger partial charge in [0.25, 0.3) is 0 Å². The van der Waals surface area contributed by atoms with Crippen LogP contribution in [0.15, 0.2) is 18.3 Å². The SMILES string of the molecule is O=C(N1CC2(CCC(Cc3ccc(C(F)(F)F)cn3)CC2)C1)N1CC2(CCS(=O)(=O)N2)C1. The number of nitrogens with one attached hydrogen (secondary N) is 1. The quantitative estimate of drug-likeness (QED) is 0.718. The molecule has 4 fully saturated rings. The van der Waals surface area contributed by atoms with E-state index in [1.54, 1.807) is 4.90 Å². The zero-order chi connectivity index (χ0) is 22.8. The summed E-state index contributed by atoms with van der Waals surface area (Å²) in [6.07, 6.45) is 1.76. The van der Waals surface area contributed by atoms with E-state index in [9.17, 15) is 26.4 Å². The van der Waals surface area contributed by atoms with Gasteiger partial charge in [-0.1, -0.05) is 0 Å². The van der Waals surface area contributed by atoms with Gasteiger partial charge in [-0.15, -0.1) is 0 Å². The van der Waals surface area contributed by atoms with Crippen LogP contribution in [0.3, 0.4) is 0 Å². The standard InChI is InChI=1S/C21H27F3N4O3S/c22-21(23,24)16-1-2-17(25-10-16)9-15-3-5-19(6-4-15)11-27(12-19)18(29)28-13-20(14-28)7-8-32(30,31)26-20/h1-2,10,15,26H,3-9,11-14H2. The average molecular weight is 473 g/mol. The Kier molecular flexibility index (Phi) is 5.01. The Morgan fingerprint density at radius 3 is 2.28 bits per heavy atom. The van der Waals surface area contributed by atoms with Crippen molar-refractivity contribution >= 4 is 16.1 Å². The monoisotopic (exact) mass is 472 g/mol. The summed E-state index contributed by atoms with van der Waals surface area (Å²) in [5, 5.41) is 0. The minimum absolute atomic E-state index is 0.0107. The number of likely N-dealkylation sites (tertiary alicyclic amines) is 2. The van der Waals surface area contributed by atoms with Gasteiger partial charge in [0.2, 0.25) is 10.0 Å². The Labute approximate surface area is 185 Å². The fourth-order valence-corrected chi connectivity index (χ4v) is 7.37. The molecule has 1 saturated carbocycles. The molecule has 32 heavy (non-hydrogen) atoms. The lowest BCUT2D eigenvalue weighted by atomic mass is 9.65. The zero-order valence-electron chi connectivity index (χ0n) is 17.7. The van der Waals surface area contributed by atoms with Crippen molar-refractivity contribution in [1.82, 2.24) is 19.5 Å². The first kappa shape index (κ1) is 21.9. The number of rotatable bonds is 2. The number of halogens is 3. The third kappa shape index (κ3) is 4.09. The summed E-state index contributed by atoms with van der Waals surface area (Å²) in [6.45, 7) is 2.34. The van der Waals surface area contributed by atoms with Crippen LogP contribution in [0.2, 0.25) is 0 Å². The summed E-state index contributed by atoms with van der Waals surface area (Å²) in [4.78, 5) is 20.3. The Morgan fingerprint density at radius 1 is 1.09 bits per heavy atom. The first-order valence-corrected chi connectivity index (χ1v) is 12.7. The number of urea groups is 1. The average Bonchev–Trinajstić information content (AvgIpc) is 3.01. The molecule has 7 nitrogen and oxygen atoms in total. The van der Waals surface area contributed by atoms with E-state index in [2.05, 4.69) is 9.71 Å². The topological polar surface area (TPSA) is 82.6 Å². The second-order valence-electron chi connectivity index (χ2n) is 10.1. The molecule has 0 radical (unpaired) electrons. The molecule has 1 aromatic heterocycles. The molecule has 2 amide bonds. The number of carbonyl (C=O) groups excluding carboxylic acids is 1. The van der Waals surface area contributed by atoms with E-state index in [4.69, 9.17) is 0 Å². The molecule has 1 aliphatic carbocycles. The van der Waals surface area contributed by atoms with Gasteiger partial charge in [0.05, 0.1) is 16.9 Å². The number of hydrogen-bond donors (Lipinski definition) is 1.